The summed E-state index contributed by atoms with van der Waals surface area (Å²) < 4.78 is 5.31. The van der Waals surface area contributed by atoms with Crippen LogP contribution >= 0.6 is 0 Å². The van der Waals surface area contributed by atoms with Gasteiger partial charge in [-0.25, -0.2) is 4.79 Å². The summed E-state index contributed by atoms with van der Waals surface area (Å²) in [6.45, 7) is 0.0766. The Balaban J connectivity index is 1.65. The number of aromatic carboxylic acids is 1. The van der Waals surface area contributed by atoms with Crippen molar-refractivity contribution in [1.82, 2.24) is 5.32 Å². The number of anilines is 1. The fraction of sp³-hybridized carbons (Fsp3) is 0.211. The van der Waals surface area contributed by atoms with E-state index in [0.717, 1.165) is 5.56 Å². The summed E-state index contributed by atoms with van der Waals surface area (Å²) in [5, 5.41) is 11.9. The Labute approximate surface area is 150 Å². The predicted octanol–water partition coefficient (Wildman–Crippen LogP) is 1.47. The van der Waals surface area contributed by atoms with Crippen molar-refractivity contribution >= 4 is 23.5 Å². The zero-order chi connectivity index (χ0) is 18.5. The van der Waals surface area contributed by atoms with Gasteiger partial charge in [-0.05, 0) is 30.2 Å². The minimum atomic E-state index is -1.11. The van der Waals surface area contributed by atoms with E-state index in [4.69, 9.17) is 9.84 Å². The molecule has 0 radical (unpaired) electrons. The molecule has 0 aliphatic carbocycles. The quantitative estimate of drug-likeness (QED) is 0.819. The van der Waals surface area contributed by atoms with Crippen molar-refractivity contribution in [2.75, 3.05) is 24.6 Å². The van der Waals surface area contributed by atoms with E-state index in [1.807, 2.05) is 30.3 Å². The molecule has 1 heterocycles. The van der Waals surface area contributed by atoms with Crippen molar-refractivity contribution in [2.24, 2.45) is 0 Å². The normalized spacial score (nSPS) is 12.9. The number of hydrogen-bond acceptors (Lipinski definition) is 4. The van der Waals surface area contributed by atoms with Crippen LogP contribution in [0.4, 0.5) is 5.69 Å². The lowest BCUT2D eigenvalue weighted by Gasteiger charge is -2.29. The molecule has 2 aromatic carbocycles. The van der Waals surface area contributed by atoms with E-state index in [-0.39, 0.29) is 24.6 Å². The minimum absolute atomic E-state index is 0.0246. The molecule has 0 fully saturated rings. The number of nitrogens with one attached hydrogen (secondary N) is 1. The number of fused-ring (bicyclic) bond motifs is 1. The predicted molar refractivity (Wildman–Crippen MR) is 94.4 cm³/mol. The highest BCUT2D eigenvalue weighted by molar-refractivity contribution is 6.03. The first kappa shape index (κ1) is 17.5. The first-order chi connectivity index (χ1) is 12.5. The number of carboxylic acid groups (broad SMARTS) is 1. The van der Waals surface area contributed by atoms with Crippen molar-refractivity contribution in [3.05, 3.63) is 59.7 Å². The Hall–Kier alpha value is -3.35. The molecule has 134 valence electrons. The van der Waals surface area contributed by atoms with Crippen molar-refractivity contribution in [1.29, 1.82) is 0 Å². The highest BCUT2D eigenvalue weighted by atomic mass is 16.5. The van der Waals surface area contributed by atoms with Crippen LogP contribution in [0.15, 0.2) is 48.5 Å². The van der Waals surface area contributed by atoms with Crippen molar-refractivity contribution < 1.29 is 24.2 Å². The number of amides is 2. The molecule has 0 bridgehead atoms. The third-order valence-corrected chi connectivity index (χ3v) is 4.03. The van der Waals surface area contributed by atoms with Gasteiger partial charge in [0.25, 0.3) is 5.91 Å². The smallest absolute Gasteiger partial charge is 0.335 e. The summed E-state index contributed by atoms with van der Waals surface area (Å²) in [6.07, 6.45) is 0.684. The fourth-order valence-electron chi connectivity index (χ4n) is 2.70. The molecule has 3 rings (SSSR count). The molecule has 7 nitrogen and oxygen atoms in total. The van der Waals surface area contributed by atoms with Crippen LogP contribution in [-0.4, -0.2) is 42.6 Å². The highest BCUT2D eigenvalue weighted by Gasteiger charge is 2.28. The molecule has 7 heteroatoms. The molecule has 2 N–H and O–H groups in total. The average Bonchev–Trinajstić information content (AvgIpc) is 2.64. The Kier molecular flexibility index (Phi) is 5.17. The minimum Gasteiger partial charge on any atom is -0.482 e. The van der Waals surface area contributed by atoms with Gasteiger partial charge >= 0.3 is 5.97 Å². The number of rotatable bonds is 6. The third-order valence-electron chi connectivity index (χ3n) is 4.03. The van der Waals surface area contributed by atoms with Crippen LogP contribution in [0.25, 0.3) is 0 Å². The van der Waals surface area contributed by atoms with Gasteiger partial charge < -0.3 is 15.2 Å². The second-order valence-electron chi connectivity index (χ2n) is 5.84. The van der Waals surface area contributed by atoms with Crippen molar-refractivity contribution in [3.8, 4) is 5.75 Å². The van der Waals surface area contributed by atoms with Crippen LogP contribution in [0.1, 0.15) is 15.9 Å². The maximum atomic E-state index is 12.2. The summed E-state index contributed by atoms with van der Waals surface area (Å²) in [5.41, 5.74) is 1.42. The molecular formula is C19H18N2O5. The largest absolute Gasteiger partial charge is 0.482 e. The van der Waals surface area contributed by atoms with Gasteiger partial charge in [0.05, 0.1) is 11.3 Å². The topological polar surface area (TPSA) is 95.9 Å². The zero-order valence-electron chi connectivity index (χ0n) is 14.0. The molecule has 0 aromatic heterocycles. The van der Waals surface area contributed by atoms with E-state index in [1.54, 1.807) is 0 Å². The van der Waals surface area contributed by atoms with Crippen LogP contribution < -0.4 is 15.0 Å². The Morgan fingerprint density at radius 1 is 1.15 bits per heavy atom. The number of nitrogens with zero attached hydrogens (tertiary/aromatic N) is 1. The molecule has 0 spiro atoms. The number of carbonyl (C=O) groups excluding carboxylic acids is 2. The van der Waals surface area contributed by atoms with Gasteiger partial charge in [0.15, 0.2) is 6.61 Å². The first-order valence-electron chi connectivity index (χ1n) is 8.16. The van der Waals surface area contributed by atoms with Crippen molar-refractivity contribution in [3.63, 3.8) is 0 Å². The molecular weight excluding hydrogens is 336 g/mol. The van der Waals surface area contributed by atoms with Gasteiger partial charge in [0.2, 0.25) is 5.91 Å². The van der Waals surface area contributed by atoms with E-state index in [2.05, 4.69) is 5.32 Å². The lowest BCUT2D eigenvalue weighted by molar-refractivity contribution is -0.125. The fourth-order valence-corrected chi connectivity index (χ4v) is 2.70. The van der Waals surface area contributed by atoms with Crippen molar-refractivity contribution in [2.45, 2.75) is 6.42 Å². The van der Waals surface area contributed by atoms with Gasteiger partial charge in [-0.2, -0.15) is 0 Å². The van der Waals surface area contributed by atoms with E-state index >= 15 is 0 Å². The molecule has 0 unspecified atom stereocenters. The summed E-state index contributed by atoms with van der Waals surface area (Å²) in [7, 11) is 0. The number of carbonyl (C=O) groups is 3. The molecule has 2 amide bonds. The van der Waals surface area contributed by atoms with E-state index in [1.165, 1.54) is 23.1 Å². The number of carboxylic acids is 1. The van der Waals surface area contributed by atoms with E-state index in [9.17, 15) is 14.4 Å². The number of ether oxygens (including phenoxy) is 1. The van der Waals surface area contributed by atoms with Crippen LogP contribution in [0.3, 0.4) is 0 Å². The third kappa shape index (κ3) is 4.00. The highest BCUT2D eigenvalue weighted by Crippen LogP contribution is 2.32. The second-order valence-corrected chi connectivity index (χ2v) is 5.84. The summed E-state index contributed by atoms with van der Waals surface area (Å²) in [4.78, 5) is 36.8. The van der Waals surface area contributed by atoms with Gasteiger partial charge in [-0.1, -0.05) is 30.3 Å². The summed E-state index contributed by atoms with van der Waals surface area (Å²) >= 11 is 0. The van der Waals surface area contributed by atoms with Gasteiger partial charge in [-0.15, -0.1) is 0 Å². The van der Waals surface area contributed by atoms with Crippen LogP contribution in [0.2, 0.25) is 0 Å². The number of hydrogen-bond donors (Lipinski definition) is 2. The standard InChI is InChI=1S/C19H18N2O5/c22-17(20-9-8-13-4-2-1-3-5-13)11-21-15-10-14(19(24)25)6-7-16(15)26-12-18(21)23/h1-7,10H,8-9,11-12H2,(H,20,22)(H,24,25). The molecule has 0 saturated carbocycles. The number of benzene rings is 2. The maximum Gasteiger partial charge on any atom is 0.335 e. The van der Waals surface area contributed by atoms with Gasteiger partial charge in [0, 0.05) is 6.54 Å². The van der Waals surface area contributed by atoms with Gasteiger partial charge in [0.1, 0.15) is 12.3 Å². The zero-order valence-corrected chi connectivity index (χ0v) is 14.0. The van der Waals surface area contributed by atoms with E-state index < -0.39 is 11.9 Å². The average molecular weight is 354 g/mol. The molecule has 1 aliphatic rings. The van der Waals surface area contributed by atoms with Gasteiger partial charge in [-0.3, -0.25) is 14.5 Å². The van der Waals surface area contributed by atoms with Crippen LogP contribution in [0.5, 0.6) is 5.75 Å². The Morgan fingerprint density at radius 3 is 2.65 bits per heavy atom. The molecule has 1 aliphatic heterocycles. The molecule has 26 heavy (non-hydrogen) atoms. The van der Waals surface area contributed by atoms with Crippen LogP contribution in [0, 0.1) is 0 Å². The SMILES string of the molecule is O=C(CN1C(=O)COc2ccc(C(=O)O)cc21)NCCc1ccccc1. The molecule has 0 saturated heterocycles. The lowest BCUT2D eigenvalue weighted by Crippen LogP contribution is -2.45. The second kappa shape index (κ2) is 7.69. The van der Waals surface area contributed by atoms with E-state index in [0.29, 0.717) is 24.4 Å². The van der Waals surface area contributed by atoms with Crippen LogP contribution in [-0.2, 0) is 16.0 Å². The molecule has 0 atom stereocenters. The molecule has 2 aromatic rings. The first-order valence-corrected chi connectivity index (χ1v) is 8.16. The Morgan fingerprint density at radius 2 is 1.92 bits per heavy atom. The summed E-state index contributed by atoms with van der Waals surface area (Å²) in [5.74, 6) is -1.44. The lowest BCUT2D eigenvalue weighted by atomic mass is 10.1. The summed E-state index contributed by atoms with van der Waals surface area (Å²) in [6, 6.07) is 14.0. The Bertz CT molecular complexity index is 835. The maximum absolute atomic E-state index is 12.2. The monoisotopic (exact) mass is 354 g/mol.